The van der Waals surface area contributed by atoms with Crippen LogP contribution in [0.1, 0.15) is 82.1 Å². The van der Waals surface area contributed by atoms with E-state index in [0.717, 1.165) is 0 Å². The minimum Gasteiger partial charge on any atom is -0.0648 e. The van der Waals surface area contributed by atoms with Gasteiger partial charge in [-0.1, -0.05) is 69.2 Å². The van der Waals surface area contributed by atoms with Gasteiger partial charge in [0, 0.05) is 80.8 Å². The van der Waals surface area contributed by atoms with Crippen LogP contribution in [0.5, 0.6) is 0 Å². The number of hydrogen-bond donors (Lipinski definition) is 0. The van der Waals surface area contributed by atoms with Gasteiger partial charge in [0.1, 0.15) is 0 Å². The molecule has 2 heteroatoms. The van der Waals surface area contributed by atoms with Crippen molar-refractivity contribution < 1.29 is 80.8 Å². The molecule has 3 rings (SSSR count). The van der Waals surface area contributed by atoms with Crippen molar-refractivity contribution in [3.8, 4) is 0 Å². The van der Waals surface area contributed by atoms with Crippen LogP contribution in [0.25, 0.3) is 0 Å². The van der Waals surface area contributed by atoms with E-state index in [2.05, 4.69) is 69.2 Å². The summed E-state index contributed by atoms with van der Waals surface area (Å²) >= 11 is 0. The summed E-state index contributed by atoms with van der Waals surface area (Å²) in [6.07, 6.45) is 18.3. The van der Waals surface area contributed by atoms with Crippen molar-refractivity contribution in [3.05, 3.63) is 111 Å². The quantitative estimate of drug-likeness (QED) is 0.272. The summed E-state index contributed by atoms with van der Waals surface area (Å²) < 4.78 is 0. The van der Waals surface area contributed by atoms with Crippen LogP contribution >= 0.6 is 0 Å². The van der Waals surface area contributed by atoms with Crippen molar-refractivity contribution in [1.82, 2.24) is 0 Å². The Balaban J connectivity index is 0. The summed E-state index contributed by atoms with van der Waals surface area (Å²) in [6, 6.07) is 0. The van der Waals surface area contributed by atoms with Gasteiger partial charge in [-0.15, -0.1) is 0 Å². The van der Waals surface area contributed by atoms with Crippen molar-refractivity contribution in [2.45, 2.75) is 82.1 Å². The molecule has 0 aliphatic heterocycles. The van der Waals surface area contributed by atoms with Crippen LogP contribution in [0.15, 0.2) is 0 Å². The van der Waals surface area contributed by atoms with Crippen LogP contribution in [-0.4, -0.2) is 0 Å². The Kier molecular flexibility index (Phi) is 22.7. The van der Waals surface area contributed by atoms with Gasteiger partial charge in [-0.25, -0.2) is 0 Å². The Morgan fingerprint density at radius 2 is 0.500 bits per heavy atom. The minimum atomic E-state index is 0. The zero-order valence-corrected chi connectivity index (χ0v) is 27.1. The molecule has 0 atom stereocenters. The maximum atomic E-state index is 2.23. The Labute approximate surface area is 270 Å². The maximum absolute atomic E-state index is 2.23. The Morgan fingerprint density at radius 3 is 0.594 bits per heavy atom. The van der Waals surface area contributed by atoms with E-state index in [9.17, 15) is 0 Å². The topological polar surface area (TPSA) is 0 Å². The van der Waals surface area contributed by atoms with E-state index in [1.54, 1.807) is 11.8 Å². The second-order valence-electron chi connectivity index (χ2n) is 8.20. The Hall–Kier alpha value is 2.68. The van der Waals surface area contributed by atoms with Gasteiger partial charge in [0.05, 0.1) is 0 Å². The molecule has 3 aliphatic carbocycles. The van der Waals surface area contributed by atoms with Gasteiger partial charge in [0.15, 0.2) is 0 Å². The van der Waals surface area contributed by atoms with Gasteiger partial charge < -0.3 is 0 Å². The maximum Gasteiger partial charge on any atom is 0 e. The molecular formula is C30H42Sm2. The molecule has 0 aromatic heterocycles. The monoisotopic (exact) mass is 706 g/mol. The average Bonchev–Trinajstić information content (AvgIpc) is 3.01. The second-order valence-corrected chi connectivity index (χ2v) is 8.20. The van der Waals surface area contributed by atoms with Crippen molar-refractivity contribution in [3.63, 3.8) is 0 Å². The van der Waals surface area contributed by atoms with E-state index >= 15 is 0 Å². The zero-order chi connectivity index (χ0) is 22.8. The fourth-order valence-corrected chi connectivity index (χ4v) is 4.17. The fourth-order valence-electron chi connectivity index (χ4n) is 4.17. The van der Waals surface area contributed by atoms with E-state index in [1.165, 1.54) is 60.2 Å². The third-order valence-corrected chi connectivity index (χ3v) is 6.78. The molecule has 0 spiro atoms. The summed E-state index contributed by atoms with van der Waals surface area (Å²) in [5.41, 5.74) is 0. The molecular weight excluding hydrogens is 661 g/mol. The molecule has 3 saturated carbocycles. The van der Waals surface area contributed by atoms with Crippen LogP contribution in [0.2, 0.25) is 0 Å². The van der Waals surface area contributed by atoms with Crippen molar-refractivity contribution in [2.75, 3.05) is 0 Å². The first-order valence-corrected chi connectivity index (χ1v) is 11.3. The summed E-state index contributed by atoms with van der Waals surface area (Å²) in [6.45, 7) is 22.3. The smallest absolute Gasteiger partial charge is 0 e. The SMILES string of the molecule is CC[C]1[C](C)[C](C)[C](C)[C]1C.CC[C]1[C](C)[C](C)[C](C)[C]1C.[CH]1[CH][CH][CH][CH][CH][CH][CH]1.[Sm].[Sm]. The standard InChI is InChI=1S/2C11H17.C8H8.2Sm/c2*1-6-11-9(4)7(2)8(3)10(11)5;1-2-4-6-8-7-5-3-1;;/h2*6H2,1-5H3;1-8H;;. The van der Waals surface area contributed by atoms with Gasteiger partial charge in [-0.3, -0.25) is 0 Å². The predicted octanol–water partition coefficient (Wildman–Crippen LogP) is 8.36. The van der Waals surface area contributed by atoms with Crippen LogP contribution in [0.4, 0.5) is 0 Å². The fraction of sp³-hybridized carbons (Fsp3) is 0.400. The summed E-state index contributed by atoms with van der Waals surface area (Å²) in [7, 11) is 0. The van der Waals surface area contributed by atoms with E-state index < -0.39 is 0 Å². The number of hydrogen-bond acceptors (Lipinski definition) is 0. The molecule has 3 fully saturated rings. The Morgan fingerprint density at radius 1 is 0.344 bits per heavy atom. The van der Waals surface area contributed by atoms with Gasteiger partial charge in [-0.2, -0.15) is 0 Å². The molecule has 32 heavy (non-hydrogen) atoms. The molecule has 3 aliphatic rings. The van der Waals surface area contributed by atoms with E-state index in [-0.39, 0.29) is 80.8 Å². The van der Waals surface area contributed by atoms with E-state index in [0.29, 0.717) is 0 Å². The molecule has 0 amide bonds. The molecule has 18 radical (unpaired) electrons. The first-order chi connectivity index (χ1) is 14.2. The van der Waals surface area contributed by atoms with Gasteiger partial charge in [-0.05, 0) is 123 Å². The molecule has 0 saturated heterocycles. The summed E-state index contributed by atoms with van der Waals surface area (Å²) in [5.74, 6) is 15.1. The van der Waals surface area contributed by atoms with Gasteiger partial charge >= 0.3 is 0 Å². The van der Waals surface area contributed by atoms with Crippen LogP contribution in [0, 0.1) is 191 Å². The van der Waals surface area contributed by atoms with Crippen molar-refractivity contribution in [2.24, 2.45) is 0 Å². The zero-order valence-electron chi connectivity index (χ0n) is 21.8. The molecule has 0 nitrogen and oxygen atoms in total. The predicted molar refractivity (Wildman–Crippen MR) is 133 cm³/mol. The van der Waals surface area contributed by atoms with Crippen LogP contribution in [0.3, 0.4) is 0 Å². The first kappa shape index (κ1) is 36.8. The third kappa shape index (κ3) is 11.0. The largest absolute Gasteiger partial charge is 0.0648 e. The second kappa shape index (κ2) is 19.7. The summed E-state index contributed by atoms with van der Waals surface area (Å²) in [4.78, 5) is 0. The van der Waals surface area contributed by atoms with Gasteiger partial charge in [0.25, 0.3) is 0 Å². The molecule has 0 N–H and O–H groups in total. The average molecular weight is 703 g/mol. The Bertz CT molecular complexity index is 353. The molecule has 0 aromatic rings. The molecule has 174 valence electrons. The van der Waals surface area contributed by atoms with Crippen LogP contribution in [-0.2, 0) is 0 Å². The van der Waals surface area contributed by atoms with E-state index in [1.807, 2.05) is 51.4 Å². The molecule has 0 unspecified atom stereocenters. The van der Waals surface area contributed by atoms with E-state index in [4.69, 9.17) is 0 Å². The minimum absolute atomic E-state index is 0. The van der Waals surface area contributed by atoms with Crippen molar-refractivity contribution >= 4 is 0 Å². The first-order valence-electron chi connectivity index (χ1n) is 11.3. The molecule has 0 heterocycles. The molecule has 0 aromatic carbocycles. The molecule has 0 bridgehead atoms. The number of rotatable bonds is 2. The van der Waals surface area contributed by atoms with Crippen LogP contribution < -0.4 is 0 Å². The van der Waals surface area contributed by atoms with Crippen molar-refractivity contribution in [1.29, 1.82) is 0 Å². The third-order valence-electron chi connectivity index (χ3n) is 6.78. The van der Waals surface area contributed by atoms with Gasteiger partial charge in [0.2, 0.25) is 0 Å². The normalized spacial score (nSPS) is 24.6. The summed E-state index contributed by atoms with van der Waals surface area (Å²) in [5, 5.41) is 0.